The molecule has 31 heavy (non-hydrogen) atoms. The molecule has 2 aliphatic rings. The van der Waals surface area contributed by atoms with E-state index in [4.69, 9.17) is 11.6 Å². The van der Waals surface area contributed by atoms with Gasteiger partial charge in [0, 0.05) is 29.7 Å². The summed E-state index contributed by atoms with van der Waals surface area (Å²) >= 11 is 6.06. The van der Waals surface area contributed by atoms with Gasteiger partial charge in [0.05, 0.1) is 13.1 Å². The highest BCUT2D eigenvalue weighted by atomic mass is 35.5. The number of hydrogen-bond acceptors (Lipinski definition) is 4. The van der Waals surface area contributed by atoms with E-state index in [1.54, 1.807) is 18.2 Å². The Hall–Kier alpha value is -2.12. The maximum Gasteiger partial charge on any atom is 0.243 e. The zero-order chi connectivity index (χ0) is 22.2. The Morgan fingerprint density at radius 3 is 2.35 bits per heavy atom. The summed E-state index contributed by atoms with van der Waals surface area (Å²) in [7, 11) is 0. The maximum atomic E-state index is 12.8. The van der Waals surface area contributed by atoms with E-state index in [0.717, 1.165) is 57.4 Å². The second-order valence-electron chi connectivity index (χ2n) is 8.53. The predicted molar refractivity (Wildman–Crippen MR) is 122 cm³/mol. The minimum Gasteiger partial charge on any atom is -0.346 e. The van der Waals surface area contributed by atoms with Gasteiger partial charge in [0.15, 0.2) is 0 Å². The van der Waals surface area contributed by atoms with Crippen molar-refractivity contribution in [1.29, 1.82) is 0 Å². The summed E-state index contributed by atoms with van der Waals surface area (Å²) in [6.07, 6.45) is 6.22. The third-order valence-corrected chi connectivity index (χ3v) is 6.62. The number of nitrogens with zero attached hydrogens (tertiary/aromatic N) is 2. The smallest absolute Gasteiger partial charge is 0.243 e. The van der Waals surface area contributed by atoms with E-state index in [1.165, 1.54) is 12.8 Å². The van der Waals surface area contributed by atoms with Crippen LogP contribution in [0.3, 0.4) is 0 Å². The quantitative estimate of drug-likeness (QED) is 0.701. The molecular weight excluding hydrogens is 416 g/mol. The predicted octanol–water partition coefficient (Wildman–Crippen LogP) is 2.82. The molecule has 0 saturated carbocycles. The zero-order valence-corrected chi connectivity index (χ0v) is 19.0. The van der Waals surface area contributed by atoms with Crippen LogP contribution in [0.4, 0.5) is 5.69 Å². The average molecular weight is 449 g/mol. The van der Waals surface area contributed by atoms with Crippen molar-refractivity contribution in [3.63, 3.8) is 0 Å². The molecule has 3 amide bonds. The highest BCUT2D eigenvalue weighted by molar-refractivity contribution is 6.31. The SMILES string of the molecule is Cc1c(Cl)cccc1NC(=O)CNC(=O)CN1CCC(C(=O)N2CCCCCC2)CC1. The standard InChI is InChI=1S/C23H33ClN4O3/c1-17-19(24)7-6-8-20(17)26-21(29)15-25-22(30)16-27-13-9-18(10-14-27)23(31)28-11-4-2-3-5-12-28/h6-8,18H,2-5,9-16H2,1H3,(H,25,30)(H,26,29). The van der Waals surface area contributed by atoms with E-state index in [2.05, 4.69) is 15.5 Å². The third-order valence-electron chi connectivity index (χ3n) is 6.21. The van der Waals surface area contributed by atoms with Crippen molar-refractivity contribution in [1.82, 2.24) is 15.1 Å². The van der Waals surface area contributed by atoms with Crippen LogP contribution in [-0.2, 0) is 14.4 Å². The summed E-state index contributed by atoms with van der Waals surface area (Å²) in [4.78, 5) is 41.3. The number of hydrogen-bond donors (Lipinski definition) is 2. The Morgan fingerprint density at radius 2 is 1.68 bits per heavy atom. The molecule has 170 valence electrons. The number of halogens is 1. The minimum absolute atomic E-state index is 0.0733. The molecule has 2 fully saturated rings. The van der Waals surface area contributed by atoms with Crippen molar-refractivity contribution in [3.8, 4) is 0 Å². The van der Waals surface area contributed by atoms with Crippen LogP contribution in [0.5, 0.6) is 0 Å². The lowest BCUT2D eigenvalue weighted by Gasteiger charge is -2.33. The first-order valence-electron chi connectivity index (χ1n) is 11.3. The fraction of sp³-hybridized carbons (Fsp3) is 0.609. The summed E-state index contributed by atoms with van der Waals surface area (Å²) in [6, 6.07) is 5.31. The molecule has 0 bridgehead atoms. The molecule has 0 aromatic heterocycles. The second-order valence-corrected chi connectivity index (χ2v) is 8.93. The number of likely N-dealkylation sites (tertiary alicyclic amines) is 2. The van der Waals surface area contributed by atoms with E-state index in [-0.39, 0.29) is 30.8 Å². The third kappa shape index (κ3) is 6.94. The Kier molecular flexibility index (Phi) is 8.72. The lowest BCUT2D eigenvalue weighted by Crippen LogP contribution is -2.46. The largest absolute Gasteiger partial charge is 0.346 e. The van der Waals surface area contributed by atoms with Crippen LogP contribution in [0.1, 0.15) is 44.1 Å². The first kappa shape index (κ1) is 23.5. The fourth-order valence-electron chi connectivity index (χ4n) is 4.26. The van der Waals surface area contributed by atoms with Gasteiger partial charge in [-0.25, -0.2) is 0 Å². The molecule has 0 aliphatic carbocycles. The van der Waals surface area contributed by atoms with Gasteiger partial charge in [-0.15, -0.1) is 0 Å². The number of carbonyl (C=O) groups excluding carboxylic acids is 3. The fourth-order valence-corrected chi connectivity index (χ4v) is 4.44. The van der Waals surface area contributed by atoms with Crippen LogP contribution >= 0.6 is 11.6 Å². The molecule has 1 aromatic carbocycles. The van der Waals surface area contributed by atoms with E-state index in [0.29, 0.717) is 16.6 Å². The molecular formula is C23H33ClN4O3. The highest BCUT2D eigenvalue weighted by Gasteiger charge is 2.29. The number of amides is 3. The van der Waals surface area contributed by atoms with Crippen LogP contribution in [0.2, 0.25) is 5.02 Å². The highest BCUT2D eigenvalue weighted by Crippen LogP contribution is 2.23. The van der Waals surface area contributed by atoms with Crippen molar-refractivity contribution < 1.29 is 14.4 Å². The average Bonchev–Trinajstić information content (AvgIpc) is 3.05. The normalized spacial score (nSPS) is 18.3. The molecule has 3 rings (SSSR count). The van der Waals surface area contributed by atoms with Gasteiger partial charge in [-0.3, -0.25) is 19.3 Å². The number of anilines is 1. The van der Waals surface area contributed by atoms with Crippen LogP contribution in [-0.4, -0.2) is 66.8 Å². The summed E-state index contributed by atoms with van der Waals surface area (Å²) in [5.41, 5.74) is 1.43. The van der Waals surface area contributed by atoms with E-state index < -0.39 is 0 Å². The van der Waals surface area contributed by atoms with Crippen molar-refractivity contribution in [2.75, 3.05) is 44.6 Å². The monoisotopic (exact) mass is 448 g/mol. The molecule has 0 unspecified atom stereocenters. The Balaban J connectivity index is 1.36. The number of benzene rings is 1. The minimum atomic E-state index is -0.291. The molecule has 1 aromatic rings. The number of nitrogens with one attached hydrogen (secondary N) is 2. The van der Waals surface area contributed by atoms with Crippen LogP contribution in [0, 0.1) is 12.8 Å². The summed E-state index contributed by atoms with van der Waals surface area (Å²) in [5, 5.41) is 6.03. The van der Waals surface area contributed by atoms with Crippen LogP contribution in [0.25, 0.3) is 0 Å². The Morgan fingerprint density at radius 1 is 1.00 bits per heavy atom. The van der Waals surface area contributed by atoms with E-state index >= 15 is 0 Å². The molecule has 2 aliphatic heterocycles. The van der Waals surface area contributed by atoms with Crippen molar-refractivity contribution in [3.05, 3.63) is 28.8 Å². The molecule has 2 N–H and O–H groups in total. The topological polar surface area (TPSA) is 81.8 Å². The lowest BCUT2D eigenvalue weighted by molar-refractivity contribution is -0.137. The van der Waals surface area contributed by atoms with E-state index in [1.807, 2.05) is 11.8 Å². The van der Waals surface area contributed by atoms with Gasteiger partial charge in [0.1, 0.15) is 0 Å². The van der Waals surface area contributed by atoms with Gasteiger partial charge in [-0.1, -0.05) is 30.5 Å². The van der Waals surface area contributed by atoms with Gasteiger partial charge in [-0.05, 0) is 63.4 Å². The maximum absolute atomic E-state index is 12.8. The number of piperidine rings is 1. The molecule has 2 heterocycles. The van der Waals surface area contributed by atoms with Gasteiger partial charge < -0.3 is 15.5 Å². The van der Waals surface area contributed by atoms with E-state index in [9.17, 15) is 14.4 Å². The summed E-state index contributed by atoms with van der Waals surface area (Å²) < 4.78 is 0. The van der Waals surface area contributed by atoms with Crippen molar-refractivity contribution in [2.45, 2.75) is 45.4 Å². The lowest BCUT2D eigenvalue weighted by atomic mass is 9.95. The van der Waals surface area contributed by atoms with Crippen LogP contribution in [0.15, 0.2) is 18.2 Å². The van der Waals surface area contributed by atoms with Crippen molar-refractivity contribution in [2.24, 2.45) is 5.92 Å². The number of carbonyl (C=O) groups is 3. The Bertz CT molecular complexity index is 785. The number of rotatable bonds is 6. The molecule has 7 nitrogen and oxygen atoms in total. The van der Waals surface area contributed by atoms with Gasteiger partial charge in [0.25, 0.3) is 0 Å². The first-order chi connectivity index (χ1) is 14.9. The Labute approximate surface area is 189 Å². The first-order valence-corrected chi connectivity index (χ1v) is 11.6. The van der Waals surface area contributed by atoms with Crippen molar-refractivity contribution >= 4 is 35.0 Å². The van der Waals surface area contributed by atoms with Gasteiger partial charge >= 0.3 is 0 Å². The molecule has 0 radical (unpaired) electrons. The second kappa shape index (κ2) is 11.5. The van der Waals surface area contributed by atoms with Gasteiger partial charge in [0.2, 0.25) is 17.7 Å². The summed E-state index contributed by atoms with van der Waals surface area (Å²) in [6.45, 7) is 5.22. The molecule has 8 heteroatoms. The molecule has 0 atom stereocenters. The summed E-state index contributed by atoms with van der Waals surface area (Å²) in [5.74, 6) is -0.112. The molecule has 0 spiro atoms. The zero-order valence-electron chi connectivity index (χ0n) is 18.3. The molecule has 2 saturated heterocycles. The van der Waals surface area contributed by atoms with Gasteiger partial charge in [-0.2, -0.15) is 0 Å². The van der Waals surface area contributed by atoms with Crippen LogP contribution < -0.4 is 10.6 Å².